The third-order valence-electron chi connectivity index (χ3n) is 3.79. The minimum atomic E-state index is 0.675. The fraction of sp³-hybridized carbons (Fsp3) is 0.412. The number of rotatable bonds is 5. The number of aliphatic imine (C=N–C) groups is 1. The van der Waals surface area contributed by atoms with Crippen LogP contribution >= 0.6 is 15.9 Å². The molecule has 0 aliphatic heterocycles. The van der Waals surface area contributed by atoms with Gasteiger partial charge >= 0.3 is 0 Å². The first-order valence-corrected chi connectivity index (χ1v) is 8.55. The summed E-state index contributed by atoms with van der Waals surface area (Å²) in [6, 6.07) is 8.33. The molecule has 0 spiro atoms. The van der Waals surface area contributed by atoms with Crippen molar-refractivity contribution < 1.29 is 0 Å². The molecule has 0 atom stereocenters. The van der Waals surface area contributed by atoms with Crippen molar-refractivity contribution in [3.05, 3.63) is 46.2 Å². The number of nitrogens with zero attached hydrogens (tertiary/aromatic N) is 5. The molecule has 2 rings (SSSR count). The van der Waals surface area contributed by atoms with E-state index < -0.39 is 0 Å². The summed E-state index contributed by atoms with van der Waals surface area (Å²) in [6.07, 6.45) is 1.89. The molecular weight excluding hydrogens is 368 g/mol. The Labute approximate surface area is 152 Å². The van der Waals surface area contributed by atoms with Crippen molar-refractivity contribution in [2.45, 2.75) is 13.1 Å². The fourth-order valence-electron chi connectivity index (χ4n) is 2.51. The van der Waals surface area contributed by atoms with Crippen LogP contribution in [0.4, 0.5) is 5.95 Å². The maximum absolute atomic E-state index is 4.43. The second-order valence-corrected chi connectivity index (χ2v) is 6.80. The highest BCUT2D eigenvalue weighted by molar-refractivity contribution is 9.10. The molecule has 1 heterocycles. The highest BCUT2D eigenvalue weighted by atomic mass is 79.9. The summed E-state index contributed by atoms with van der Waals surface area (Å²) in [7, 11) is 9.84. The first-order valence-electron chi connectivity index (χ1n) is 7.76. The lowest BCUT2D eigenvalue weighted by atomic mass is 10.2. The molecule has 130 valence electrons. The molecule has 6 nitrogen and oxygen atoms in total. The van der Waals surface area contributed by atoms with Gasteiger partial charge in [0.05, 0.1) is 18.4 Å². The third-order valence-corrected chi connectivity index (χ3v) is 4.32. The number of aromatic nitrogens is 2. The van der Waals surface area contributed by atoms with Gasteiger partial charge in [-0.1, -0.05) is 28.1 Å². The number of imidazole rings is 1. The zero-order valence-electron chi connectivity index (χ0n) is 14.9. The van der Waals surface area contributed by atoms with Gasteiger partial charge in [-0.25, -0.2) is 4.98 Å². The molecule has 1 aromatic carbocycles. The molecular formula is C17H25BrN6. The monoisotopic (exact) mass is 392 g/mol. The Hall–Kier alpha value is -2.02. The smallest absolute Gasteiger partial charge is 0.204 e. The van der Waals surface area contributed by atoms with Crippen molar-refractivity contribution in [1.82, 2.24) is 19.8 Å². The minimum Gasteiger partial charge on any atom is -0.351 e. The summed E-state index contributed by atoms with van der Waals surface area (Å²) in [5, 5.41) is 3.40. The van der Waals surface area contributed by atoms with E-state index >= 15 is 0 Å². The van der Waals surface area contributed by atoms with Crippen LogP contribution in [0.2, 0.25) is 0 Å². The summed E-state index contributed by atoms with van der Waals surface area (Å²) in [6.45, 7) is 1.47. The van der Waals surface area contributed by atoms with Gasteiger partial charge in [0.1, 0.15) is 0 Å². The Morgan fingerprint density at radius 1 is 1.25 bits per heavy atom. The molecule has 0 saturated heterocycles. The van der Waals surface area contributed by atoms with Crippen LogP contribution in [0.15, 0.2) is 39.9 Å². The molecule has 24 heavy (non-hydrogen) atoms. The predicted molar refractivity (Wildman–Crippen MR) is 103 cm³/mol. The highest BCUT2D eigenvalue weighted by Gasteiger charge is 2.11. The fourth-order valence-corrected chi connectivity index (χ4v) is 2.77. The molecule has 0 unspecified atom stereocenters. The Balaban J connectivity index is 1.98. The standard InChI is InChI=1S/C17H25BrN6/c1-19-16(23(4)12-13-6-8-14(18)9-7-13)20-10-15-11-21-17(22(2)3)24(15)5/h6-9,11H,10,12H2,1-5H3,(H,19,20). The lowest BCUT2D eigenvalue weighted by Crippen LogP contribution is -2.38. The van der Waals surface area contributed by atoms with Crippen molar-refractivity contribution >= 4 is 27.8 Å². The molecule has 0 amide bonds. The van der Waals surface area contributed by atoms with E-state index in [9.17, 15) is 0 Å². The van der Waals surface area contributed by atoms with Gasteiger partial charge in [0.25, 0.3) is 0 Å². The average molecular weight is 393 g/mol. The number of halogens is 1. The third kappa shape index (κ3) is 4.50. The zero-order valence-corrected chi connectivity index (χ0v) is 16.5. The van der Waals surface area contributed by atoms with Crippen molar-refractivity contribution in [1.29, 1.82) is 0 Å². The first kappa shape index (κ1) is 18.3. The summed E-state index contributed by atoms with van der Waals surface area (Å²) < 4.78 is 3.17. The van der Waals surface area contributed by atoms with Crippen LogP contribution in [-0.4, -0.2) is 48.6 Å². The summed E-state index contributed by atoms with van der Waals surface area (Å²) in [4.78, 5) is 12.9. The van der Waals surface area contributed by atoms with Crippen LogP contribution in [0, 0.1) is 0 Å². The van der Waals surface area contributed by atoms with Crippen LogP contribution in [-0.2, 0) is 20.1 Å². The molecule has 0 aliphatic rings. The number of anilines is 1. The molecule has 0 fully saturated rings. The van der Waals surface area contributed by atoms with Gasteiger partial charge < -0.3 is 19.7 Å². The molecule has 1 N–H and O–H groups in total. The average Bonchev–Trinajstić information content (AvgIpc) is 2.91. The second kappa shape index (κ2) is 8.19. The van der Waals surface area contributed by atoms with Gasteiger partial charge in [0, 0.05) is 46.3 Å². The Kier molecular flexibility index (Phi) is 6.25. The predicted octanol–water partition coefficient (Wildman–Crippen LogP) is 2.46. The summed E-state index contributed by atoms with van der Waals surface area (Å²) in [5.74, 6) is 1.79. The van der Waals surface area contributed by atoms with Gasteiger partial charge in [0.15, 0.2) is 5.96 Å². The summed E-state index contributed by atoms with van der Waals surface area (Å²) in [5.41, 5.74) is 2.34. The lowest BCUT2D eigenvalue weighted by molar-refractivity contribution is 0.475. The van der Waals surface area contributed by atoms with Crippen LogP contribution in [0.5, 0.6) is 0 Å². The zero-order chi connectivity index (χ0) is 17.7. The number of hydrogen-bond acceptors (Lipinski definition) is 3. The van der Waals surface area contributed by atoms with Crippen molar-refractivity contribution in [2.24, 2.45) is 12.0 Å². The molecule has 1 aromatic heterocycles. The summed E-state index contributed by atoms with van der Waals surface area (Å²) >= 11 is 3.46. The van der Waals surface area contributed by atoms with E-state index in [4.69, 9.17) is 0 Å². The Morgan fingerprint density at radius 3 is 2.46 bits per heavy atom. The SMILES string of the molecule is CN=C(NCc1cnc(N(C)C)n1C)N(C)Cc1ccc(Br)cc1. The highest BCUT2D eigenvalue weighted by Crippen LogP contribution is 2.13. The minimum absolute atomic E-state index is 0.675. The normalized spacial score (nSPS) is 11.5. The largest absolute Gasteiger partial charge is 0.351 e. The van der Waals surface area contributed by atoms with E-state index in [1.54, 1.807) is 7.05 Å². The van der Waals surface area contributed by atoms with E-state index in [1.165, 1.54) is 5.56 Å². The van der Waals surface area contributed by atoms with E-state index in [1.807, 2.05) is 39.3 Å². The van der Waals surface area contributed by atoms with Gasteiger partial charge in [0.2, 0.25) is 5.95 Å². The van der Waals surface area contributed by atoms with Crippen LogP contribution in [0.25, 0.3) is 0 Å². The molecule has 0 bridgehead atoms. The molecule has 7 heteroatoms. The van der Waals surface area contributed by atoms with Gasteiger partial charge in [-0.15, -0.1) is 0 Å². The topological polar surface area (TPSA) is 48.7 Å². The quantitative estimate of drug-likeness (QED) is 0.626. The van der Waals surface area contributed by atoms with Gasteiger partial charge in [-0.3, -0.25) is 4.99 Å². The molecule has 0 saturated carbocycles. The Bertz CT molecular complexity index is 690. The van der Waals surface area contributed by atoms with Crippen LogP contribution < -0.4 is 10.2 Å². The van der Waals surface area contributed by atoms with Gasteiger partial charge in [-0.2, -0.15) is 0 Å². The van der Waals surface area contributed by atoms with Crippen molar-refractivity contribution in [3.8, 4) is 0 Å². The second-order valence-electron chi connectivity index (χ2n) is 5.89. The van der Waals surface area contributed by atoms with Crippen LogP contribution in [0.1, 0.15) is 11.3 Å². The van der Waals surface area contributed by atoms with E-state index in [2.05, 4.69) is 65.0 Å². The van der Waals surface area contributed by atoms with Gasteiger partial charge in [-0.05, 0) is 17.7 Å². The van der Waals surface area contributed by atoms with Crippen LogP contribution in [0.3, 0.4) is 0 Å². The van der Waals surface area contributed by atoms with Crippen molar-refractivity contribution in [3.63, 3.8) is 0 Å². The van der Waals surface area contributed by atoms with Crippen molar-refractivity contribution in [2.75, 3.05) is 33.1 Å². The number of nitrogens with one attached hydrogen (secondary N) is 1. The molecule has 0 radical (unpaired) electrons. The number of benzene rings is 1. The van der Waals surface area contributed by atoms with E-state index in [0.717, 1.165) is 28.6 Å². The Morgan fingerprint density at radius 2 is 1.92 bits per heavy atom. The lowest BCUT2D eigenvalue weighted by Gasteiger charge is -2.22. The maximum atomic E-state index is 4.43. The molecule has 0 aliphatic carbocycles. The van der Waals surface area contributed by atoms with E-state index in [-0.39, 0.29) is 0 Å². The number of hydrogen-bond donors (Lipinski definition) is 1. The maximum Gasteiger partial charge on any atom is 0.204 e. The van der Waals surface area contributed by atoms with E-state index in [0.29, 0.717) is 6.54 Å². The first-order chi connectivity index (χ1) is 11.4. The number of guanidine groups is 1. The molecule has 2 aromatic rings.